The van der Waals surface area contributed by atoms with Crippen molar-refractivity contribution in [1.29, 1.82) is 0 Å². The number of ether oxygens (including phenoxy) is 1. The van der Waals surface area contributed by atoms with Crippen molar-refractivity contribution in [3.05, 3.63) is 53.6 Å². The normalized spacial score (nSPS) is 17.9. The lowest BCUT2D eigenvalue weighted by Gasteiger charge is -2.34. The van der Waals surface area contributed by atoms with E-state index in [1.54, 1.807) is 7.11 Å². The minimum Gasteiger partial charge on any atom is -0.368 e. The number of nitrogens with one attached hydrogen (secondary N) is 2. The first-order valence-corrected chi connectivity index (χ1v) is 8.50. The van der Waals surface area contributed by atoms with E-state index >= 15 is 0 Å². The van der Waals surface area contributed by atoms with Crippen LogP contribution in [0.3, 0.4) is 0 Å². The summed E-state index contributed by atoms with van der Waals surface area (Å²) in [6.45, 7) is 1.61. The Balaban J connectivity index is 1.56. The van der Waals surface area contributed by atoms with Gasteiger partial charge in [0.1, 0.15) is 5.60 Å². The van der Waals surface area contributed by atoms with Gasteiger partial charge in [0.2, 0.25) is 0 Å². The Labute approximate surface area is 142 Å². The highest BCUT2D eigenvalue weighted by Crippen LogP contribution is 2.37. The first kappa shape index (κ1) is 15.4. The van der Waals surface area contributed by atoms with E-state index in [0.717, 1.165) is 25.2 Å². The Bertz CT molecular complexity index is 779. The summed E-state index contributed by atoms with van der Waals surface area (Å²) in [5, 5.41) is 6.34. The van der Waals surface area contributed by atoms with Crippen molar-refractivity contribution in [3.63, 3.8) is 0 Å². The molecule has 1 fully saturated rings. The van der Waals surface area contributed by atoms with Gasteiger partial charge in [-0.25, -0.2) is 0 Å². The van der Waals surface area contributed by atoms with Crippen molar-refractivity contribution in [1.82, 2.24) is 5.32 Å². The van der Waals surface area contributed by atoms with Crippen LogP contribution in [0.15, 0.2) is 42.5 Å². The second-order valence-corrected chi connectivity index (χ2v) is 6.61. The van der Waals surface area contributed by atoms with Gasteiger partial charge in [-0.3, -0.25) is 4.79 Å². The fraction of sp³-hybridized carbons (Fsp3) is 0.350. The minimum absolute atomic E-state index is 0.0399. The standard InChI is InChI=1S/C20H22N2O2/c1-24-20(8-10-21-11-9-20)19(23)22-16-6-7-18-15(13-16)12-14-4-2-3-5-17(14)18/h2-7,13,21H,8-12H2,1H3,(H,22,23). The molecule has 0 unspecified atom stereocenters. The molecule has 0 spiro atoms. The van der Waals surface area contributed by atoms with E-state index in [4.69, 9.17) is 4.74 Å². The monoisotopic (exact) mass is 322 g/mol. The van der Waals surface area contributed by atoms with Gasteiger partial charge in [-0.15, -0.1) is 0 Å². The van der Waals surface area contributed by atoms with E-state index in [9.17, 15) is 4.79 Å². The largest absolute Gasteiger partial charge is 0.368 e. The van der Waals surface area contributed by atoms with Crippen LogP contribution in [0.2, 0.25) is 0 Å². The van der Waals surface area contributed by atoms with Gasteiger partial charge in [0, 0.05) is 12.8 Å². The molecule has 2 aliphatic rings. The Morgan fingerprint density at radius 2 is 1.83 bits per heavy atom. The highest BCUT2D eigenvalue weighted by atomic mass is 16.5. The fourth-order valence-electron chi connectivity index (χ4n) is 3.82. The van der Waals surface area contributed by atoms with Gasteiger partial charge < -0.3 is 15.4 Å². The number of carbonyl (C=O) groups excluding carboxylic acids is 1. The molecule has 1 amide bonds. The number of anilines is 1. The van der Waals surface area contributed by atoms with Gasteiger partial charge >= 0.3 is 0 Å². The Kier molecular flexibility index (Phi) is 3.87. The number of methoxy groups -OCH3 is 1. The molecule has 2 N–H and O–H groups in total. The van der Waals surface area contributed by atoms with Gasteiger partial charge in [0.05, 0.1) is 0 Å². The first-order valence-electron chi connectivity index (χ1n) is 8.50. The van der Waals surface area contributed by atoms with Gasteiger partial charge in [-0.2, -0.15) is 0 Å². The van der Waals surface area contributed by atoms with Crippen molar-refractivity contribution in [2.24, 2.45) is 0 Å². The van der Waals surface area contributed by atoms with E-state index in [1.165, 1.54) is 22.3 Å². The van der Waals surface area contributed by atoms with E-state index < -0.39 is 5.60 Å². The lowest BCUT2D eigenvalue weighted by Crippen LogP contribution is -2.51. The molecule has 1 aliphatic carbocycles. The van der Waals surface area contributed by atoms with Crippen molar-refractivity contribution < 1.29 is 9.53 Å². The molecule has 0 atom stereocenters. The van der Waals surface area contributed by atoms with Crippen LogP contribution in [0.4, 0.5) is 5.69 Å². The topological polar surface area (TPSA) is 50.4 Å². The Morgan fingerprint density at radius 3 is 2.62 bits per heavy atom. The molecule has 0 radical (unpaired) electrons. The maximum atomic E-state index is 12.8. The van der Waals surface area contributed by atoms with Crippen LogP contribution >= 0.6 is 0 Å². The number of hydrogen-bond acceptors (Lipinski definition) is 3. The minimum atomic E-state index is -0.715. The highest BCUT2D eigenvalue weighted by molar-refractivity contribution is 5.98. The molecule has 1 saturated heterocycles. The molecule has 1 heterocycles. The number of piperidine rings is 1. The molecule has 1 aliphatic heterocycles. The highest BCUT2D eigenvalue weighted by Gasteiger charge is 2.39. The van der Waals surface area contributed by atoms with Crippen molar-refractivity contribution in [2.75, 3.05) is 25.5 Å². The zero-order valence-corrected chi connectivity index (χ0v) is 13.9. The third kappa shape index (κ3) is 2.52. The summed E-state index contributed by atoms with van der Waals surface area (Å²) in [5.41, 5.74) is 5.33. The molecule has 4 nitrogen and oxygen atoms in total. The molecule has 24 heavy (non-hydrogen) atoms. The summed E-state index contributed by atoms with van der Waals surface area (Å²) in [5.74, 6) is -0.0399. The smallest absolute Gasteiger partial charge is 0.256 e. The van der Waals surface area contributed by atoms with Gasteiger partial charge in [0.25, 0.3) is 5.91 Å². The molecule has 0 saturated carbocycles. The third-order valence-corrected chi connectivity index (χ3v) is 5.27. The van der Waals surface area contributed by atoms with Crippen LogP contribution in [0.5, 0.6) is 0 Å². The molecule has 0 bridgehead atoms. The summed E-state index contributed by atoms with van der Waals surface area (Å²) in [6, 6.07) is 14.7. The summed E-state index contributed by atoms with van der Waals surface area (Å²) >= 11 is 0. The van der Waals surface area contributed by atoms with Crippen LogP contribution in [0, 0.1) is 0 Å². The van der Waals surface area contributed by atoms with Crippen molar-refractivity contribution in [3.8, 4) is 11.1 Å². The predicted molar refractivity (Wildman–Crippen MR) is 95.2 cm³/mol. The maximum absolute atomic E-state index is 12.8. The predicted octanol–water partition coefficient (Wildman–Crippen LogP) is 2.96. The molecule has 4 rings (SSSR count). The number of fused-ring (bicyclic) bond motifs is 3. The van der Waals surface area contributed by atoms with Crippen LogP contribution in [-0.2, 0) is 16.0 Å². The van der Waals surface area contributed by atoms with Gasteiger partial charge in [-0.1, -0.05) is 30.3 Å². The fourth-order valence-corrected chi connectivity index (χ4v) is 3.82. The third-order valence-electron chi connectivity index (χ3n) is 5.27. The lowest BCUT2D eigenvalue weighted by atomic mass is 9.91. The zero-order valence-electron chi connectivity index (χ0n) is 13.9. The average molecular weight is 322 g/mol. The van der Waals surface area contributed by atoms with Crippen molar-refractivity contribution in [2.45, 2.75) is 24.9 Å². The molecule has 2 aromatic rings. The van der Waals surface area contributed by atoms with E-state index in [1.807, 2.05) is 6.07 Å². The number of benzene rings is 2. The average Bonchev–Trinajstić information content (AvgIpc) is 3.00. The zero-order chi connectivity index (χ0) is 16.6. The van der Waals surface area contributed by atoms with Crippen LogP contribution in [-0.4, -0.2) is 31.7 Å². The Morgan fingerprint density at radius 1 is 1.08 bits per heavy atom. The number of hydrogen-bond donors (Lipinski definition) is 2. The molecule has 0 aromatic heterocycles. The summed E-state index contributed by atoms with van der Waals surface area (Å²) in [4.78, 5) is 12.8. The number of carbonyl (C=O) groups is 1. The molecular formula is C20H22N2O2. The van der Waals surface area contributed by atoms with E-state index in [2.05, 4.69) is 47.0 Å². The molecule has 124 valence electrons. The molecule has 2 aromatic carbocycles. The second-order valence-electron chi connectivity index (χ2n) is 6.61. The van der Waals surface area contributed by atoms with Gasteiger partial charge in [0.15, 0.2) is 0 Å². The lowest BCUT2D eigenvalue weighted by molar-refractivity contribution is -0.140. The Hall–Kier alpha value is -2.17. The number of rotatable bonds is 3. The first-order chi connectivity index (χ1) is 11.7. The van der Waals surface area contributed by atoms with Crippen LogP contribution in [0.1, 0.15) is 24.0 Å². The second kappa shape index (κ2) is 6.04. The SMILES string of the molecule is COC1(C(=O)Nc2ccc3c(c2)Cc2ccccc2-3)CCNCC1. The van der Waals surface area contributed by atoms with Crippen LogP contribution in [0.25, 0.3) is 11.1 Å². The summed E-state index contributed by atoms with van der Waals surface area (Å²) in [7, 11) is 1.63. The maximum Gasteiger partial charge on any atom is 0.256 e. The van der Waals surface area contributed by atoms with Gasteiger partial charge in [-0.05, 0) is 66.7 Å². The molecular weight excluding hydrogens is 300 g/mol. The van der Waals surface area contributed by atoms with E-state index in [-0.39, 0.29) is 5.91 Å². The van der Waals surface area contributed by atoms with Crippen molar-refractivity contribution >= 4 is 11.6 Å². The number of amides is 1. The summed E-state index contributed by atoms with van der Waals surface area (Å²) < 4.78 is 5.60. The quantitative estimate of drug-likeness (QED) is 0.779. The summed E-state index contributed by atoms with van der Waals surface area (Å²) in [6.07, 6.45) is 2.33. The van der Waals surface area contributed by atoms with E-state index in [0.29, 0.717) is 12.8 Å². The van der Waals surface area contributed by atoms with Crippen LogP contribution < -0.4 is 10.6 Å². The molecule has 4 heteroatoms.